The zero-order valence-electron chi connectivity index (χ0n) is 11.8. The zero-order valence-corrected chi connectivity index (χ0v) is 11.8. The first-order valence-electron chi connectivity index (χ1n) is 7.36. The van der Waals surface area contributed by atoms with Crippen LogP contribution in [-0.2, 0) is 11.8 Å². The topological polar surface area (TPSA) is 0 Å². The Morgan fingerprint density at radius 2 is 1.50 bits per heavy atom. The Hall–Kier alpha value is -2.08. The lowest BCUT2D eigenvalue weighted by Gasteiger charge is -2.34. The van der Waals surface area contributed by atoms with Gasteiger partial charge in [0.05, 0.1) is 0 Å². The molecular formula is C20H16. The average Bonchev–Trinajstić information content (AvgIpc) is 2.84. The van der Waals surface area contributed by atoms with Crippen LogP contribution < -0.4 is 0 Å². The summed E-state index contributed by atoms with van der Waals surface area (Å²) >= 11 is 0. The summed E-state index contributed by atoms with van der Waals surface area (Å²) < 4.78 is 0. The van der Waals surface area contributed by atoms with E-state index in [9.17, 15) is 0 Å². The molecule has 3 aromatic carbocycles. The van der Waals surface area contributed by atoms with Crippen LogP contribution in [0.15, 0.2) is 48.5 Å². The average molecular weight is 256 g/mol. The number of benzene rings is 3. The van der Waals surface area contributed by atoms with Gasteiger partial charge in [0.1, 0.15) is 0 Å². The lowest BCUT2D eigenvalue weighted by molar-refractivity contribution is 0.645. The highest BCUT2D eigenvalue weighted by atomic mass is 14.4. The lowest BCUT2D eigenvalue weighted by atomic mass is 9.68. The van der Waals surface area contributed by atoms with Gasteiger partial charge in [-0.3, -0.25) is 0 Å². The van der Waals surface area contributed by atoms with E-state index in [-0.39, 0.29) is 5.41 Å². The molecule has 96 valence electrons. The first-order chi connectivity index (χ1) is 9.68. The van der Waals surface area contributed by atoms with E-state index in [1.165, 1.54) is 44.2 Å². The van der Waals surface area contributed by atoms with Crippen LogP contribution in [0.25, 0.3) is 21.9 Å². The van der Waals surface area contributed by atoms with Crippen LogP contribution >= 0.6 is 0 Å². The maximum atomic E-state index is 2.37. The normalized spacial score (nSPS) is 16.7. The molecule has 0 nitrogen and oxygen atoms in total. The fourth-order valence-corrected chi connectivity index (χ4v) is 4.29. The van der Waals surface area contributed by atoms with Crippen molar-refractivity contribution in [1.82, 2.24) is 0 Å². The second kappa shape index (κ2) is 3.15. The molecule has 0 bridgehead atoms. The first kappa shape index (κ1) is 10.7. The van der Waals surface area contributed by atoms with Gasteiger partial charge < -0.3 is 0 Å². The standard InChI is InChI=1S/C20H16/c1-20(2)15-7-3-5-12-9-10-14-11-13-6-4-8-16(20)18(13)19(14)17(12)15/h3-10H,11H2,1-2H3. The number of hydrogen-bond acceptors (Lipinski definition) is 0. The Bertz CT molecular complexity index is 897. The largest absolute Gasteiger partial charge is 0.0616 e. The Morgan fingerprint density at radius 3 is 2.40 bits per heavy atom. The molecular weight excluding hydrogens is 240 g/mol. The molecule has 0 unspecified atom stereocenters. The Labute approximate surface area is 119 Å². The monoisotopic (exact) mass is 256 g/mol. The van der Waals surface area contributed by atoms with Crippen LogP contribution in [0.5, 0.6) is 0 Å². The summed E-state index contributed by atoms with van der Waals surface area (Å²) in [5, 5.41) is 2.88. The first-order valence-corrected chi connectivity index (χ1v) is 7.36. The van der Waals surface area contributed by atoms with Gasteiger partial charge in [-0.1, -0.05) is 62.4 Å². The van der Waals surface area contributed by atoms with Crippen molar-refractivity contribution in [2.45, 2.75) is 25.7 Å². The third-order valence-electron chi connectivity index (χ3n) is 5.26. The van der Waals surface area contributed by atoms with E-state index in [2.05, 4.69) is 62.4 Å². The molecule has 2 aliphatic rings. The molecule has 0 aliphatic heterocycles. The van der Waals surface area contributed by atoms with Gasteiger partial charge in [0.2, 0.25) is 0 Å². The lowest BCUT2D eigenvalue weighted by Crippen LogP contribution is -2.23. The third-order valence-corrected chi connectivity index (χ3v) is 5.26. The van der Waals surface area contributed by atoms with Crippen LogP contribution in [0.2, 0.25) is 0 Å². The van der Waals surface area contributed by atoms with Gasteiger partial charge >= 0.3 is 0 Å². The molecule has 0 heterocycles. The SMILES string of the molecule is CC1(C)c2cccc3c2-c2c(ccc4cccc1c24)C3. The van der Waals surface area contributed by atoms with Crippen LogP contribution in [0.1, 0.15) is 36.1 Å². The predicted molar refractivity (Wildman–Crippen MR) is 84.3 cm³/mol. The summed E-state index contributed by atoms with van der Waals surface area (Å²) in [6, 6.07) is 18.2. The molecule has 2 aliphatic carbocycles. The maximum Gasteiger partial charge on any atom is 0.0159 e. The van der Waals surface area contributed by atoms with Crippen molar-refractivity contribution in [2.24, 2.45) is 0 Å². The molecule has 0 heteroatoms. The van der Waals surface area contributed by atoms with Crippen molar-refractivity contribution in [3.05, 3.63) is 70.8 Å². The molecule has 0 atom stereocenters. The van der Waals surface area contributed by atoms with Crippen molar-refractivity contribution >= 4 is 10.8 Å². The summed E-state index contributed by atoms with van der Waals surface area (Å²) in [5.74, 6) is 0. The summed E-state index contributed by atoms with van der Waals surface area (Å²) in [5.41, 5.74) is 9.13. The van der Waals surface area contributed by atoms with E-state index in [1.807, 2.05) is 0 Å². The molecule has 0 radical (unpaired) electrons. The van der Waals surface area contributed by atoms with Gasteiger partial charge in [-0.15, -0.1) is 0 Å². The molecule has 0 saturated heterocycles. The molecule has 0 aromatic heterocycles. The van der Waals surface area contributed by atoms with Crippen LogP contribution in [0.3, 0.4) is 0 Å². The zero-order chi connectivity index (χ0) is 13.5. The van der Waals surface area contributed by atoms with Crippen molar-refractivity contribution < 1.29 is 0 Å². The molecule has 3 aromatic rings. The molecule has 0 amide bonds. The van der Waals surface area contributed by atoms with Gasteiger partial charge in [0.15, 0.2) is 0 Å². The summed E-state index contributed by atoms with van der Waals surface area (Å²) in [6.45, 7) is 4.73. The third kappa shape index (κ3) is 1.02. The molecule has 0 N–H and O–H groups in total. The highest BCUT2D eigenvalue weighted by molar-refractivity contribution is 6.07. The van der Waals surface area contributed by atoms with Gasteiger partial charge in [0.25, 0.3) is 0 Å². The van der Waals surface area contributed by atoms with Gasteiger partial charge in [-0.05, 0) is 50.6 Å². The van der Waals surface area contributed by atoms with Crippen molar-refractivity contribution in [3.63, 3.8) is 0 Å². The number of rotatable bonds is 0. The summed E-state index contributed by atoms with van der Waals surface area (Å²) in [6.07, 6.45) is 1.10. The Balaban J connectivity index is 2.14. The van der Waals surface area contributed by atoms with Gasteiger partial charge in [-0.25, -0.2) is 0 Å². The van der Waals surface area contributed by atoms with E-state index >= 15 is 0 Å². The van der Waals surface area contributed by atoms with Crippen LogP contribution in [0.4, 0.5) is 0 Å². The summed E-state index contributed by atoms with van der Waals surface area (Å²) in [4.78, 5) is 0. The number of hydrogen-bond donors (Lipinski definition) is 0. The Kier molecular flexibility index (Phi) is 1.68. The maximum absolute atomic E-state index is 2.37. The van der Waals surface area contributed by atoms with Crippen molar-refractivity contribution in [1.29, 1.82) is 0 Å². The van der Waals surface area contributed by atoms with Crippen molar-refractivity contribution in [2.75, 3.05) is 0 Å². The highest BCUT2D eigenvalue weighted by Gasteiger charge is 2.37. The summed E-state index contributed by atoms with van der Waals surface area (Å²) in [7, 11) is 0. The fourth-order valence-electron chi connectivity index (χ4n) is 4.29. The van der Waals surface area contributed by atoms with E-state index in [0.717, 1.165) is 6.42 Å². The van der Waals surface area contributed by atoms with E-state index < -0.39 is 0 Å². The minimum absolute atomic E-state index is 0.0980. The fraction of sp³-hybridized carbons (Fsp3) is 0.200. The molecule has 5 rings (SSSR count). The second-order valence-electron chi connectivity index (χ2n) is 6.64. The van der Waals surface area contributed by atoms with E-state index in [1.54, 1.807) is 0 Å². The smallest absolute Gasteiger partial charge is 0.0159 e. The van der Waals surface area contributed by atoms with Crippen LogP contribution in [0, 0.1) is 0 Å². The highest BCUT2D eigenvalue weighted by Crippen LogP contribution is 2.53. The van der Waals surface area contributed by atoms with Gasteiger partial charge in [0, 0.05) is 5.41 Å². The second-order valence-corrected chi connectivity index (χ2v) is 6.64. The van der Waals surface area contributed by atoms with Gasteiger partial charge in [-0.2, -0.15) is 0 Å². The minimum Gasteiger partial charge on any atom is -0.0616 e. The molecule has 20 heavy (non-hydrogen) atoms. The molecule has 0 fully saturated rings. The predicted octanol–water partition coefficient (Wildman–Crippen LogP) is 5.05. The minimum atomic E-state index is 0.0980. The van der Waals surface area contributed by atoms with E-state index in [4.69, 9.17) is 0 Å². The van der Waals surface area contributed by atoms with Crippen LogP contribution in [-0.4, -0.2) is 0 Å². The quantitative estimate of drug-likeness (QED) is 0.413. The Morgan fingerprint density at radius 1 is 0.750 bits per heavy atom. The molecule has 0 spiro atoms. The van der Waals surface area contributed by atoms with E-state index in [0.29, 0.717) is 0 Å². The van der Waals surface area contributed by atoms with Crippen molar-refractivity contribution in [3.8, 4) is 11.1 Å². The molecule has 0 saturated carbocycles.